The van der Waals surface area contributed by atoms with Gasteiger partial charge < -0.3 is 14.5 Å². The number of amides is 1. The maximum atomic E-state index is 12.8. The molecule has 8 heteroatoms. The third kappa shape index (κ3) is 3.90. The summed E-state index contributed by atoms with van der Waals surface area (Å²) in [6.45, 7) is 5.07. The van der Waals surface area contributed by atoms with Gasteiger partial charge in [-0.15, -0.1) is 0 Å². The molecule has 1 amide bonds. The van der Waals surface area contributed by atoms with Gasteiger partial charge in [0.15, 0.2) is 0 Å². The molecule has 8 nitrogen and oxygen atoms in total. The van der Waals surface area contributed by atoms with Crippen LogP contribution in [-0.2, 0) is 4.74 Å². The van der Waals surface area contributed by atoms with E-state index in [0.29, 0.717) is 37.2 Å². The highest BCUT2D eigenvalue weighted by Gasteiger charge is 2.28. The Hall–Kier alpha value is -2.61. The van der Waals surface area contributed by atoms with Crippen molar-refractivity contribution in [2.24, 2.45) is 0 Å². The summed E-state index contributed by atoms with van der Waals surface area (Å²) in [5, 5.41) is 0. The average molecular weight is 342 g/mol. The second kappa shape index (κ2) is 7.10. The van der Waals surface area contributed by atoms with Crippen LogP contribution < -0.4 is 4.90 Å². The van der Waals surface area contributed by atoms with Gasteiger partial charge in [0.05, 0.1) is 18.8 Å². The number of anilines is 1. The summed E-state index contributed by atoms with van der Waals surface area (Å²) in [6, 6.07) is 3.54. The minimum atomic E-state index is -0.275. The minimum Gasteiger partial charge on any atom is -0.368 e. The molecule has 1 atom stereocenters. The highest BCUT2D eigenvalue weighted by Crippen LogP contribution is 2.22. The Labute approximate surface area is 146 Å². The minimum absolute atomic E-state index is 0.108. The van der Waals surface area contributed by atoms with Crippen molar-refractivity contribution < 1.29 is 9.53 Å². The van der Waals surface area contributed by atoms with Gasteiger partial charge in [-0.3, -0.25) is 4.79 Å². The number of rotatable bonds is 3. The summed E-state index contributed by atoms with van der Waals surface area (Å²) in [5.41, 5.74) is 1.97. The number of carbonyl (C=O) groups is 1. The summed E-state index contributed by atoms with van der Waals surface area (Å²) >= 11 is 0. The normalized spacial score (nSPS) is 17.4. The molecule has 1 unspecified atom stereocenters. The van der Waals surface area contributed by atoms with Gasteiger partial charge in [0.25, 0.3) is 5.91 Å². The average Bonchev–Trinajstić information content (AvgIpc) is 2.60. The molecule has 132 valence electrons. The molecule has 1 aliphatic rings. The predicted molar refractivity (Wildman–Crippen MR) is 92.5 cm³/mol. The number of nitrogens with zero attached hydrogens (tertiary/aromatic N) is 6. The van der Waals surface area contributed by atoms with Gasteiger partial charge in [-0.1, -0.05) is 0 Å². The number of ether oxygens (including phenoxy) is 1. The monoisotopic (exact) mass is 342 g/mol. The molecule has 1 fully saturated rings. The zero-order chi connectivity index (χ0) is 18.0. The molecule has 1 aliphatic heterocycles. The first-order valence-corrected chi connectivity index (χ1v) is 8.17. The molecule has 2 aromatic heterocycles. The van der Waals surface area contributed by atoms with Crippen LogP contribution in [0.25, 0.3) is 0 Å². The summed E-state index contributed by atoms with van der Waals surface area (Å²) in [4.78, 5) is 33.6. The molecule has 3 rings (SSSR count). The van der Waals surface area contributed by atoms with Crippen LogP contribution in [0.1, 0.15) is 33.8 Å². The van der Waals surface area contributed by atoms with E-state index in [4.69, 9.17) is 4.74 Å². The lowest BCUT2D eigenvalue weighted by Crippen LogP contribution is -2.43. The molecule has 0 aliphatic carbocycles. The van der Waals surface area contributed by atoms with Crippen molar-refractivity contribution in [3.63, 3.8) is 0 Å². The van der Waals surface area contributed by atoms with Crippen LogP contribution in [0.2, 0.25) is 0 Å². The lowest BCUT2D eigenvalue weighted by atomic mass is 10.2. The first kappa shape index (κ1) is 17.2. The van der Waals surface area contributed by atoms with E-state index in [2.05, 4.69) is 19.9 Å². The molecule has 0 aromatic carbocycles. The van der Waals surface area contributed by atoms with E-state index >= 15 is 0 Å². The highest BCUT2D eigenvalue weighted by molar-refractivity contribution is 5.92. The summed E-state index contributed by atoms with van der Waals surface area (Å²) < 4.78 is 5.83. The van der Waals surface area contributed by atoms with E-state index in [0.717, 1.165) is 11.4 Å². The Kier molecular flexibility index (Phi) is 4.89. The number of aromatic nitrogens is 4. The standard InChI is InChI=1S/C17H22N6O2/c1-11-9-14(20-12(2)19-11)16(24)23-7-8-25-15(10-23)13-5-6-18-17(21-13)22(3)4/h5-6,9,15H,7-8,10H2,1-4H3. The van der Waals surface area contributed by atoms with Crippen LogP contribution in [0.5, 0.6) is 0 Å². The largest absolute Gasteiger partial charge is 0.368 e. The van der Waals surface area contributed by atoms with Crippen molar-refractivity contribution in [2.75, 3.05) is 38.7 Å². The van der Waals surface area contributed by atoms with Gasteiger partial charge in [-0.25, -0.2) is 19.9 Å². The zero-order valence-corrected chi connectivity index (χ0v) is 14.9. The van der Waals surface area contributed by atoms with E-state index in [9.17, 15) is 4.79 Å². The van der Waals surface area contributed by atoms with E-state index < -0.39 is 0 Å². The van der Waals surface area contributed by atoms with E-state index in [1.54, 1.807) is 24.1 Å². The van der Waals surface area contributed by atoms with Gasteiger partial charge in [0, 0.05) is 32.5 Å². The molecule has 0 spiro atoms. The topological polar surface area (TPSA) is 84.3 Å². The number of carbonyl (C=O) groups excluding carboxylic acids is 1. The van der Waals surface area contributed by atoms with Gasteiger partial charge in [-0.05, 0) is 26.0 Å². The van der Waals surface area contributed by atoms with E-state index in [1.807, 2.05) is 32.0 Å². The number of hydrogen-bond donors (Lipinski definition) is 0. The van der Waals surface area contributed by atoms with E-state index in [1.165, 1.54) is 0 Å². The Morgan fingerprint density at radius 3 is 2.80 bits per heavy atom. The van der Waals surface area contributed by atoms with Crippen LogP contribution in [0.4, 0.5) is 5.95 Å². The third-order valence-electron chi connectivity index (χ3n) is 3.93. The molecule has 3 heterocycles. The molecule has 0 saturated carbocycles. The highest BCUT2D eigenvalue weighted by atomic mass is 16.5. The zero-order valence-electron chi connectivity index (χ0n) is 14.9. The number of hydrogen-bond acceptors (Lipinski definition) is 7. The second-order valence-corrected chi connectivity index (χ2v) is 6.23. The quantitative estimate of drug-likeness (QED) is 0.827. The molecule has 25 heavy (non-hydrogen) atoms. The molecule has 0 N–H and O–H groups in total. The number of aryl methyl sites for hydroxylation is 2. The second-order valence-electron chi connectivity index (χ2n) is 6.23. The SMILES string of the molecule is Cc1cc(C(=O)N2CCOC(c3ccnc(N(C)C)n3)C2)nc(C)n1. The van der Waals surface area contributed by atoms with Gasteiger partial charge in [0.1, 0.15) is 17.6 Å². The van der Waals surface area contributed by atoms with Crippen molar-refractivity contribution in [3.8, 4) is 0 Å². The van der Waals surface area contributed by atoms with Crippen molar-refractivity contribution >= 4 is 11.9 Å². The summed E-state index contributed by atoms with van der Waals surface area (Å²) in [7, 11) is 3.77. The van der Waals surface area contributed by atoms with Crippen LogP contribution in [0, 0.1) is 13.8 Å². The fourth-order valence-corrected chi connectivity index (χ4v) is 2.76. The van der Waals surface area contributed by atoms with Crippen molar-refractivity contribution in [1.82, 2.24) is 24.8 Å². The third-order valence-corrected chi connectivity index (χ3v) is 3.93. The van der Waals surface area contributed by atoms with Crippen LogP contribution >= 0.6 is 0 Å². The fourth-order valence-electron chi connectivity index (χ4n) is 2.76. The van der Waals surface area contributed by atoms with Gasteiger partial charge >= 0.3 is 0 Å². The molecule has 0 radical (unpaired) electrons. The van der Waals surface area contributed by atoms with Crippen molar-refractivity contribution in [3.05, 3.63) is 41.2 Å². The van der Waals surface area contributed by atoms with Crippen LogP contribution in [0.15, 0.2) is 18.3 Å². The predicted octanol–water partition coefficient (Wildman–Crippen LogP) is 1.16. The molecule has 1 saturated heterocycles. The molecular formula is C17H22N6O2. The first-order chi connectivity index (χ1) is 11.9. The van der Waals surface area contributed by atoms with Crippen molar-refractivity contribution in [1.29, 1.82) is 0 Å². The molecule has 0 bridgehead atoms. The van der Waals surface area contributed by atoms with E-state index in [-0.39, 0.29) is 12.0 Å². The first-order valence-electron chi connectivity index (χ1n) is 8.17. The molecule has 2 aromatic rings. The van der Waals surface area contributed by atoms with Gasteiger partial charge in [-0.2, -0.15) is 0 Å². The maximum Gasteiger partial charge on any atom is 0.272 e. The lowest BCUT2D eigenvalue weighted by Gasteiger charge is -2.32. The maximum absolute atomic E-state index is 12.8. The fraction of sp³-hybridized carbons (Fsp3) is 0.471. The van der Waals surface area contributed by atoms with Crippen LogP contribution in [0.3, 0.4) is 0 Å². The Morgan fingerprint density at radius 2 is 2.08 bits per heavy atom. The Balaban J connectivity index is 1.79. The van der Waals surface area contributed by atoms with Gasteiger partial charge in [0.2, 0.25) is 5.95 Å². The van der Waals surface area contributed by atoms with Crippen LogP contribution in [-0.4, -0.2) is 64.5 Å². The lowest BCUT2D eigenvalue weighted by molar-refractivity contribution is -0.0249. The summed E-state index contributed by atoms with van der Waals surface area (Å²) in [6.07, 6.45) is 1.43. The molecular weight excluding hydrogens is 320 g/mol. The Morgan fingerprint density at radius 1 is 1.28 bits per heavy atom. The number of morpholine rings is 1. The van der Waals surface area contributed by atoms with Crippen molar-refractivity contribution in [2.45, 2.75) is 20.0 Å². The smallest absolute Gasteiger partial charge is 0.272 e. The Bertz CT molecular complexity index is 759. The summed E-state index contributed by atoms with van der Waals surface area (Å²) in [5.74, 6) is 1.11.